The number of carbonyl (C=O) groups excluding carboxylic acids is 1. The summed E-state index contributed by atoms with van der Waals surface area (Å²) in [5, 5.41) is 2.95. The standard InChI is InChI=1S/C28H30N2O3/c1-6-18(3)21-10-12-22(13-11-21)32-16-26(31)29-24-9-7-8-23(20(24)5)28-30-25-15-17(2)14-19(4)27(25)33-28/h7-15,18H,6,16H2,1-5H3,(H,29,31)/t18-/m0/s1. The number of amides is 1. The number of fused-ring (bicyclic) bond motifs is 1. The molecule has 1 heterocycles. The largest absolute Gasteiger partial charge is 0.484 e. The highest BCUT2D eigenvalue weighted by Crippen LogP contribution is 2.32. The number of oxazole rings is 1. The van der Waals surface area contributed by atoms with Crippen LogP contribution in [0.1, 0.15) is 48.4 Å². The lowest BCUT2D eigenvalue weighted by Crippen LogP contribution is -2.20. The number of nitrogens with one attached hydrogen (secondary N) is 1. The van der Waals surface area contributed by atoms with Gasteiger partial charge in [-0.1, -0.05) is 38.1 Å². The van der Waals surface area contributed by atoms with Crippen LogP contribution < -0.4 is 10.1 Å². The first-order valence-corrected chi connectivity index (χ1v) is 11.4. The summed E-state index contributed by atoms with van der Waals surface area (Å²) in [4.78, 5) is 17.2. The van der Waals surface area contributed by atoms with Crippen molar-refractivity contribution in [1.29, 1.82) is 0 Å². The Kier molecular flexibility index (Phi) is 6.50. The van der Waals surface area contributed by atoms with Crippen molar-refractivity contribution in [2.24, 2.45) is 0 Å². The SMILES string of the molecule is CC[C@H](C)c1ccc(OCC(=O)Nc2cccc(-c3nc4cc(C)cc(C)c4o3)c2C)cc1. The molecule has 0 saturated heterocycles. The molecule has 0 radical (unpaired) electrons. The molecular formula is C28H30N2O3. The molecule has 33 heavy (non-hydrogen) atoms. The van der Waals surface area contributed by atoms with Gasteiger partial charge in [-0.05, 0) is 85.7 Å². The van der Waals surface area contributed by atoms with Gasteiger partial charge in [-0.3, -0.25) is 4.79 Å². The summed E-state index contributed by atoms with van der Waals surface area (Å²) in [6.45, 7) is 10.3. The van der Waals surface area contributed by atoms with Crippen molar-refractivity contribution in [3.8, 4) is 17.2 Å². The Labute approximate surface area is 194 Å². The highest BCUT2D eigenvalue weighted by Gasteiger charge is 2.15. The molecule has 0 bridgehead atoms. The van der Waals surface area contributed by atoms with Gasteiger partial charge in [-0.25, -0.2) is 4.98 Å². The van der Waals surface area contributed by atoms with Gasteiger partial charge >= 0.3 is 0 Å². The third-order valence-electron chi connectivity index (χ3n) is 6.09. The molecule has 0 aliphatic carbocycles. The van der Waals surface area contributed by atoms with Crippen LogP contribution in [0.2, 0.25) is 0 Å². The highest BCUT2D eigenvalue weighted by molar-refractivity contribution is 5.93. The maximum atomic E-state index is 12.6. The Balaban J connectivity index is 1.46. The molecule has 0 spiro atoms. The van der Waals surface area contributed by atoms with Crippen LogP contribution in [0.25, 0.3) is 22.6 Å². The van der Waals surface area contributed by atoms with Crippen molar-refractivity contribution < 1.29 is 13.9 Å². The summed E-state index contributed by atoms with van der Waals surface area (Å²) in [6.07, 6.45) is 1.09. The van der Waals surface area contributed by atoms with Gasteiger partial charge in [-0.2, -0.15) is 0 Å². The first-order valence-electron chi connectivity index (χ1n) is 11.4. The highest BCUT2D eigenvalue weighted by atomic mass is 16.5. The predicted octanol–water partition coefficient (Wildman–Crippen LogP) is 6.95. The molecular weight excluding hydrogens is 412 g/mol. The Bertz CT molecular complexity index is 1290. The lowest BCUT2D eigenvalue weighted by molar-refractivity contribution is -0.118. The Morgan fingerprint density at radius 1 is 1.09 bits per heavy atom. The summed E-state index contributed by atoms with van der Waals surface area (Å²) >= 11 is 0. The maximum absolute atomic E-state index is 12.6. The fourth-order valence-electron chi connectivity index (χ4n) is 3.96. The van der Waals surface area contributed by atoms with Gasteiger partial charge in [0, 0.05) is 11.3 Å². The molecule has 0 aliphatic rings. The van der Waals surface area contributed by atoms with E-state index in [9.17, 15) is 4.79 Å². The van der Waals surface area contributed by atoms with E-state index in [-0.39, 0.29) is 12.5 Å². The fraction of sp³-hybridized carbons (Fsp3) is 0.286. The molecule has 3 aromatic carbocycles. The van der Waals surface area contributed by atoms with Crippen LogP contribution in [0.15, 0.2) is 59.0 Å². The molecule has 0 fully saturated rings. The zero-order chi connectivity index (χ0) is 23.5. The van der Waals surface area contributed by atoms with E-state index in [1.54, 1.807) is 0 Å². The molecule has 4 rings (SSSR count). The van der Waals surface area contributed by atoms with Gasteiger partial charge in [0.25, 0.3) is 5.91 Å². The summed E-state index contributed by atoms with van der Waals surface area (Å²) in [6, 6.07) is 17.7. The summed E-state index contributed by atoms with van der Waals surface area (Å²) in [7, 11) is 0. The van der Waals surface area contributed by atoms with Gasteiger partial charge in [0.2, 0.25) is 5.89 Å². The minimum atomic E-state index is -0.217. The molecule has 0 saturated carbocycles. The zero-order valence-electron chi connectivity index (χ0n) is 19.9. The van der Waals surface area contributed by atoms with Gasteiger partial charge in [0.1, 0.15) is 11.3 Å². The van der Waals surface area contributed by atoms with Gasteiger partial charge in [0.15, 0.2) is 12.2 Å². The van der Waals surface area contributed by atoms with E-state index in [4.69, 9.17) is 9.15 Å². The van der Waals surface area contributed by atoms with Crippen molar-refractivity contribution in [3.63, 3.8) is 0 Å². The number of aryl methyl sites for hydroxylation is 2. The van der Waals surface area contributed by atoms with Crippen LogP contribution in [0.5, 0.6) is 5.75 Å². The first kappa shape index (κ1) is 22.6. The van der Waals surface area contributed by atoms with Crippen molar-refractivity contribution in [1.82, 2.24) is 4.98 Å². The average Bonchev–Trinajstić information content (AvgIpc) is 3.23. The van der Waals surface area contributed by atoms with Gasteiger partial charge in [-0.15, -0.1) is 0 Å². The van der Waals surface area contributed by atoms with Gasteiger partial charge < -0.3 is 14.5 Å². The Morgan fingerprint density at radius 2 is 1.85 bits per heavy atom. The van der Waals surface area contributed by atoms with Crippen molar-refractivity contribution in [2.75, 3.05) is 11.9 Å². The Morgan fingerprint density at radius 3 is 2.58 bits per heavy atom. The minimum Gasteiger partial charge on any atom is -0.484 e. The van der Waals surface area contributed by atoms with E-state index in [2.05, 4.69) is 42.3 Å². The molecule has 0 unspecified atom stereocenters. The van der Waals surface area contributed by atoms with Crippen LogP contribution in [-0.4, -0.2) is 17.5 Å². The van der Waals surface area contributed by atoms with Gasteiger partial charge in [0.05, 0.1) is 0 Å². The van der Waals surface area contributed by atoms with Crippen LogP contribution in [-0.2, 0) is 4.79 Å². The number of ether oxygens (including phenoxy) is 1. The number of benzene rings is 3. The Hall–Kier alpha value is -3.60. The van der Waals surface area contributed by atoms with E-state index in [0.29, 0.717) is 23.2 Å². The first-order chi connectivity index (χ1) is 15.9. The molecule has 0 aliphatic heterocycles. The van der Waals surface area contributed by atoms with Crippen molar-refractivity contribution >= 4 is 22.7 Å². The maximum Gasteiger partial charge on any atom is 0.262 e. The second kappa shape index (κ2) is 9.49. The number of anilines is 1. The number of hydrogen-bond acceptors (Lipinski definition) is 4. The zero-order valence-corrected chi connectivity index (χ0v) is 19.9. The van der Waals surface area contributed by atoms with Crippen molar-refractivity contribution in [2.45, 2.75) is 47.0 Å². The minimum absolute atomic E-state index is 0.0618. The smallest absolute Gasteiger partial charge is 0.262 e. The van der Waals surface area contributed by atoms with Crippen LogP contribution >= 0.6 is 0 Å². The molecule has 170 valence electrons. The average molecular weight is 443 g/mol. The quantitative estimate of drug-likeness (QED) is 0.336. The monoisotopic (exact) mass is 442 g/mol. The number of rotatable bonds is 7. The van der Waals surface area contributed by atoms with Crippen LogP contribution in [0.3, 0.4) is 0 Å². The molecule has 1 N–H and O–H groups in total. The van der Waals surface area contributed by atoms with Crippen LogP contribution in [0.4, 0.5) is 5.69 Å². The predicted molar refractivity (Wildman–Crippen MR) is 133 cm³/mol. The van der Waals surface area contributed by atoms with E-state index in [1.165, 1.54) is 5.56 Å². The second-order valence-corrected chi connectivity index (χ2v) is 8.64. The van der Waals surface area contributed by atoms with E-state index in [1.807, 2.05) is 57.2 Å². The summed E-state index contributed by atoms with van der Waals surface area (Å²) < 4.78 is 11.8. The summed E-state index contributed by atoms with van der Waals surface area (Å²) in [5.74, 6) is 1.52. The number of aromatic nitrogens is 1. The third kappa shape index (κ3) is 4.92. The topological polar surface area (TPSA) is 64.4 Å². The number of hydrogen-bond donors (Lipinski definition) is 1. The number of nitrogens with zero attached hydrogens (tertiary/aromatic N) is 1. The molecule has 5 heteroatoms. The summed E-state index contributed by atoms with van der Waals surface area (Å²) in [5.41, 5.74) is 7.55. The number of carbonyl (C=O) groups is 1. The van der Waals surface area contributed by atoms with E-state index >= 15 is 0 Å². The van der Waals surface area contributed by atoms with Crippen molar-refractivity contribution in [3.05, 3.63) is 76.9 Å². The lowest BCUT2D eigenvalue weighted by Gasteiger charge is -2.12. The fourth-order valence-corrected chi connectivity index (χ4v) is 3.96. The molecule has 1 atom stereocenters. The molecule has 4 aromatic rings. The molecule has 1 amide bonds. The van der Waals surface area contributed by atoms with E-state index in [0.717, 1.165) is 39.8 Å². The second-order valence-electron chi connectivity index (χ2n) is 8.64. The lowest BCUT2D eigenvalue weighted by atomic mass is 9.99. The normalized spacial score (nSPS) is 12.0. The van der Waals surface area contributed by atoms with Crippen LogP contribution in [0, 0.1) is 20.8 Å². The molecule has 1 aromatic heterocycles. The van der Waals surface area contributed by atoms with E-state index < -0.39 is 0 Å². The third-order valence-corrected chi connectivity index (χ3v) is 6.09. The molecule has 5 nitrogen and oxygen atoms in total.